The molecule has 1 aromatic carbocycles. The predicted octanol–water partition coefficient (Wildman–Crippen LogP) is 0.701. The van der Waals surface area contributed by atoms with Crippen LogP contribution in [0.1, 0.15) is 37.7 Å². The molecule has 1 aromatic heterocycles. The Bertz CT molecular complexity index is 1200. The van der Waals surface area contributed by atoms with Crippen molar-refractivity contribution in [3.63, 3.8) is 0 Å². The van der Waals surface area contributed by atoms with Gasteiger partial charge >= 0.3 is 11.9 Å². The number of carboxylic acids is 2. The first-order chi connectivity index (χ1) is 18.6. The zero-order valence-corrected chi connectivity index (χ0v) is 22.5. The molecule has 4 unspecified atom stereocenters. The molecule has 1 aliphatic heterocycles. The van der Waals surface area contributed by atoms with E-state index in [9.17, 15) is 34.2 Å². The maximum Gasteiger partial charge on any atom is 0.326 e. The fourth-order valence-corrected chi connectivity index (χ4v) is 5.17. The van der Waals surface area contributed by atoms with Gasteiger partial charge in [0.2, 0.25) is 17.7 Å². The summed E-state index contributed by atoms with van der Waals surface area (Å²) in [5, 5.41) is 24.8. The minimum Gasteiger partial charge on any atom is -0.481 e. The van der Waals surface area contributed by atoms with E-state index < -0.39 is 60.2 Å². The molecular formula is C26H35N5O7S. The number of aliphatic carboxylic acids is 2. The average Bonchev–Trinajstić information content (AvgIpc) is 3.56. The van der Waals surface area contributed by atoms with Crippen molar-refractivity contribution in [2.24, 2.45) is 5.73 Å². The van der Waals surface area contributed by atoms with E-state index >= 15 is 0 Å². The number of amides is 3. The number of fused-ring (bicyclic) bond motifs is 1. The lowest BCUT2D eigenvalue weighted by Crippen LogP contribution is -2.57. The van der Waals surface area contributed by atoms with E-state index in [1.165, 1.54) is 16.7 Å². The molecule has 3 rings (SSSR count). The van der Waals surface area contributed by atoms with E-state index in [0.717, 1.165) is 16.5 Å². The molecule has 3 amide bonds. The summed E-state index contributed by atoms with van der Waals surface area (Å²) >= 11 is 1.46. The minimum atomic E-state index is -1.25. The highest BCUT2D eigenvalue weighted by Gasteiger charge is 2.38. The monoisotopic (exact) mass is 561 g/mol. The number of rotatable bonds is 14. The molecule has 0 bridgehead atoms. The Balaban J connectivity index is 1.71. The van der Waals surface area contributed by atoms with Gasteiger partial charge in [0.15, 0.2) is 0 Å². The van der Waals surface area contributed by atoms with Gasteiger partial charge in [-0.15, -0.1) is 0 Å². The molecule has 2 aromatic rings. The number of nitrogens with one attached hydrogen (secondary N) is 3. The van der Waals surface area contributed by atoms with Crippen molar-refractivity contribution in [3.05, 3.63) is 36.0 Å². The van der Waals surface area contributed by atoms with Crippen LogP contribution in [-0.4, -0.2) is 92.5 Å². The number of thioether (sulfide) groups is 1. The van der Waals surface area contributed by atoms with Crippen LogP contribution in [0.2, 0.25) is 0 Å². The van der Waals surface area contributed by atoms with Crippen LogP contribution >= 0.6 is 11.8 Å². The first kappa shape index (κ1) is 30.0. The molecule has 0 aliphatic carbocycles. The molecule has 0 radical (unpaired) electrons. The lowest BCUT2D eigenvalue weighted by Gasteiger charge is -2.29. The highest BCUT2D eigenvalue weighted by atomic mass is 32.2. The van der Waals surface area contributed by atoms with Crippen LogP contribution in [0.5, 0.6) is 0 Å². The van der Waals surface area contributed by atoms with Crippen molar-refractivity contribution < 1.29 is 34.2 Å². The fourth-order valence-electron chi connectivity index (χ4n) is 4.70. The van der Waals surface area contributed by atoms with Gasteiger partial charge in [-0.25, -0.2) is 4.79 Å². The number of H-pyrrole nitrogens is 1. The Labute approximate surface area is 230 Å². The summed E-state index contributed by atoms with van der Waals surface area (Å²) in [7, 11) is 0. The van der Waals surface area contributed by atoms with Gasteiger partial charge in [-0.2, -0.15) is 11.8 Å². The standard InChI is InChI=1S/C26H35N5O7S/c1-39-12-10-20(25(36)31-11-4-7-21(31)26(37)38)30-24(35)19(8-9-22(32)33)29-23(34)17(27)13-15-14-28-18-6-3-2-5-16(15)18/h2-3,5-6,14,17,19-21,28H,4,7-13,27H2,1H3,(H,29,34)(H,30,35)(H,32,33)(H,37,38). The Kier molecular flexibility index (Phi) is 10.8. The van der Waals surface area contributed by atoms with Crippen molar-refractivity contribution in [1.82, 2.24) is 20.5 Å². The third kappa shape index (κ3) is 7.96. The summed E-state index contributed by atoms with van der Waals surface area (Å²) in [5.41, 5.74) is 7.86. The van der Waals surface area contributed by atoms with E-state index in [2.05, 4.69) is 15.6 Å². The van der Waals surface area contributed by atoms with Crippen LogP contribution < -0.4 is 16.4 Å². The number of nitrogens with two attached hydrogens (primary N) is 1. The number of benzene rings is 1. The zero-order chi connectivity index (χ0) is 28.5. The maximum atomic E-state index is 13.3. The van der Waals surface area contributed by atoms with Gasteiger partial charge < -0.3 is 36.5 Å². The molecule has 1 aliphatic rings. The van der Waals surface area contributed by atoms with Crippen LogP contribution in [-0.2, 0) is 30.4 Å². The molecule has 7 N–H and O–H groups in total. The number of para-hydroxylation sites is 1. The third-order valence-corrected chi connectivity index (χ3v) is 7.42. The first-order valence-electron chi connectivity index (χ1n) is 12.8. The molecule has 212 valence electrons. The second-order valence-corrected chi connectivity index (χ2v) is 10.5. The molecule has 1 fully saturated rings. The highest BCUT2D eigenvalue weighted by Crippen LogP contribution is 2.21. The molecule has 12 nitrogen and oxygen atoms in total. The smallest absolute Gasteiger partial charge is 0.326 e. The minimum absolute atomic E-state index is 0.184. The van der Waals surface area contributed by atoms with E-state index in [4.69, 9.17) is 5.73 Å². The normalized spacial score (nSPS) is 17.4. The lowest BCUT2D eigenvalue weighted by molar-refractivity contribution is -0.149. The predicted molar refractivity (Wildman–Crippen MR) is 146 cm³/mol. The topological polar surface area (TPSA) is 195 Å². The highest BCUT2D eigenvalue weighted by molar-refractivity contribution is 7.98. The molecule has 2 heterocycles. The molecule has 1 saturated heterocycles. The van der Waals surface area contributed by atoms with E-state index in [-0.39, 0.29) is 25.8 Å². The Morgan fingerprint density at radius 1 is 1.10 bits per heavy atom. The first-order valence-corrected chi connectivity index (χ1v) is 14.2. The number of likely N-dealkylation sites (tertiary alicyclic amines) is 1. The lowest BCUT2D eigenvalue weighted by atomic mass is 10.0. The van der Waals surface area contributed by atoms with Gasteiger partial charge in [-0.05, 0) is 55.7 Å². The van der Waals surface area contributed by atoms with Crippen LogP contribution in [0.3, 0.4) is 0 Å². The second-order valence-electron chi connectivity index (χ2n) is 9.53. The third-order valence-electron chi connectivity index (χ3n) is 6.78. The summed E-state index contributed by atoms with van der Waals surface area (Å²) in [6, 6.07) is 3.30. The summed E-state index contributed by atoms with van der Waals surface area (Å²) in [4.78, 5) is 66.7. The SMILES string of the molecule is CSCCC(NC(=O)C(CCC(=O)O)NC(=O)C(N)Cc1c[nH]c2ccccc12)C(=O)N1CCCC1C(=O)O. The quantitative estimate of drug-likeness (QED) is 0.192. The van der Waals surface area contributed by atoms with Crippen molar-refractivity contribution in [2.45, 2.75) is 62.7 Å². The number of carbonyl (C=O) groups is 5. The van der Waals surface area contributed by atoms with Gasteiger partial charge in [0, 0.05) is 30.1 Å². The fraction of sp³-hybridized carbons (Fsp3) is 0.500. The summed E-state index contributed by atoms with van der Waals surface area (Å²) < 4.78 is 0. The van der Waals surface area contributed by atoms with Crippen molar-refractivity contribution in [3.8, 4) is 0 Å². The van der Waals surface area contributed by atoms with E-state index in [0.29, 0.717) is 18.6 Å². The van der Waals surface area contributed by atoms with E-state index in [1.807, 2.05) is 30.5 Å². The summed E-state index contributed by atoms with van der Waals surface area (Å²) in [6.07, 6.45) is 4.29. The number of aromatic amines is 1. The van der Waals surface area contributed by atoms with Gasteiger partial charge in [0.05, 0.1) is 6.04 Å². The molecule has 39 heavy (non-hydrogen) atoms. The van der Waals surface area contributed by atoms with E-state index in [1.54, 1.807) is 6.20 Å². The van der Waals surface area contributed by atoms with Crippen molar-refractivity contribution >= 4 is 52.3 Å². The number of nitrogens with zero attached hydrogens (tertiary/aromatic N) is 1. The van der Waals surface area contributed by atoms with Gasteiger partial charge in [-0.3, -0.25) is 19.2 Å². The van der Waals surface area contributed by atoms with Crippen molar-refractivity contribution in [2.75, 3.05) is 18.6 Å². The average molecular weight is 562 g/mol. The van der Waals surface area contributed by atoms with Crippen molar-refractivity contribution in [1.29, 1.82) is 0 Å². The van der Waals surface area contributed by atoms with Crippen LogP contribution in [0.25, 0.3) is 10.9 Å². The maximum absolute atomic E-state index is 13.3. The number of aromatic nitrogens is 1. The summed E-state index contributed by atoms with van der Waals surface area (Å²) in [6.45, 7) is 0.267. The van der Waals surface area contributed by atoms with Crippen LogP contribution in [0, 0.1) is 0 Å². The second kappa shape index (κ2) is 14.0. The van der Waals surface area contributed by atoms with Gasteiger partial charge in [-0.1, -0.05) is 18.2 Å². The number of carbonyl (C=O) groups excluding carboxylic acids is 3. The summed E-state index contributed by atoms with van der Waals surface area (Å²) in [5.74, 6) is -3.61. The van der Waals surface area contributed by atoms with Gasteiger partial charge in [0.1, 0.15) is 18.1 Å². The Morgan fingerprint density at radius 2 is 1.82 bits per heavy atom. The molecule has 4 atom stereocenters. The van der Waals surface area contributed by atoms with Crippen LogP contribution in [0.15, 0.2) is 30.5 Å². The molecular weight excluding hydrogens is 526 g/mol. The largest absolute Gasteiger partial charge is 0.481 e. The Hall–Kier alpha value is -3.58. The molecule has 13 heteroatoms. The number of hydrogen-bond acceptors (Lipinski definition) is 7. The number of carboxylic acid groups (broad SMARTS) is 2. The Morgan fingerprint density at radius 3 is 2.51 bits per heavy atom. The van der Waals surface area contributed by atoms with Gasteiger partial charge in [0.25, 0.3) is 0 Å². The zero-order valence-electron chi connectivity index (χ0n) is 21.7. The number of hydrogen-bond donors (Lipinski definition) is 6. The van der Waals surface area contributed by atoms with Crippen LogP contribution in [0.4, 0.5) is 0 Å². The molecule has 0 saturated carbocycles. The molecule has 0 spiro atoms.